The number of benzene rings is 3. The summed E-state index contributed by atoms with van der Waals surface area (Å²) < 4.78 is 16.9. The zero-order chi connectivity index (χ0) is 20.9. The van der Waals surface area contributed by atoms with Gasteiger partial charge in [-0.3, -0.25) is 0 Å². The van der Waals surface area contributed by atoms with Crippen molar-refractivity contribution in [3.8, 4) is 11.5 Å². The zero-order valence-electron chi connectivity index (χ0n) is 16.7. The van der Waals surface area contributed by atoms with E-state index in [0.29, 0.717) is 17.4 Å². The van der Waals surface area contributed by atoms with Gasteiger partial charge in [0.05, 0.1) is 7.11 Å². The Labute approximate surface area is 175 Å². The Morgan fingerprint density at radius 3 is 2.33 bits per heavy atom. The fraction of sp³-hybridized carbons (Fsp3) is 0.120. The van der Waals surface area contributed by atoms with Gasteiger partial charge in [-0.05, 0) is 48.4 Å². The molecule has 0 spiro atoms. The largest absolute Gasteiger partial charge is 0.493 e. The van der Waals surface area contributed by atoms with E-state index < -0.39 is 5.97 Å². The lowest BCUT2D eigenvalue weighted by molar-refractivity contribution is -0.129. The van der Waals surface area contributed by atoms with Gasteiger partial charge in [0, 0.05) is 5.56 Å². The molecule has 30 heavy (non-hydrogen) atoms. The Bertz CT molecular complexity index is 1100. The second kappa shape index (κ2) is 8.66. The lowest BCUT2D eigenvalue weighted by Gasteiger charge is -2.17. The topological polar surface area (TPSA) is 57.1 Å². The number of cyclic esters (lactones) is 1. The molecule has 4 rings (SSSR count). The molecule has 3 aromatic rings. The van der Waals surface area contributed by atoms with E-state index in [1.165, 1.54) is 0 Å². The number of ether oxygens (including phenoxy) is 3. The standard InChI is InChI=1S/C25H21NO4/c1-17(19-9-5-3-6-10-19)29-22-14-13-18(16-23(22)28-2)15-21-25(27)30-24(26-21)20-11-7-4-8-12-20/h3-17H,1-2H3/b21-15-. The average molecular weight is 399 g/mol. The monoisotopic (exact) mass is 399 g/mol. The van der Waals surface area contributed by atoms with E-state index in [9.17, 15) is 4.79 Å². The smallest absolute Gasteiger partial charge is 0.363 e. The van der Waals surface area contributed by atoms with E-state index in [-0.39, 0.29) is 11.8 Å². The molecule has 0 saturated heterocycles. The van der Waals surface area contributed by atoms with Crippen LogP contribution < -0.4 is 9.47 Å². The molecule has 0 fully saturated rings. The number of aliphatic imine (C=N–C) groups is 1. The number of nitrogens with zero attached hydrogens (tertiary/aromatic N) is 1. The van der Waals surface area contributed by atoms with E-state index in [0.717, 1.165) is 16.7 Å². The predicted octanol–water partition coefficient (Wildman–Crippen LogP) is 5.18. The summed E-state index contributed by atoms with van der Waals surface area (Å²) in [6, 6.07) is 24.8. The molecular formula is C25H21NO4. The molecule has 0 N–H and O–H groups in total. The second-order valence-corrected chi connectivity index (χ2v) is 6.78. The minimum atomic E-state index is -0.481. The summed E-state index contributed by atoms with van der Waals surface area (Å²) >= 11 is 0. The summed E-state index contributed by atoms with van der Waals surface area (Å²) in [4.78, 5) is 16.6. The highest BCUT2D eigenvalue weighted by Crippen LogP contribution is 2.33. The molecule has 150 valence electrons. The van der Waals surface area contributed by atoms with Gasteiger partial charge in [0.25, 0.3) is 0 Å². The number of methoxy groups -OCH3 is 1. The molecule has 1 heterocycles. The van der Waals surface area contributed by atoms with Gasteiger partial charge in [-0.2, -0.15) is 0 Å². The highest BCUT2D eigenvalue weighted by atomic mass is 16.6. The summed E-state index contributed by atoms with van der Waals surface area (Å²) in [7, 11) is 1.59. The summed E-state index contributed by atoms with van der Waals surface area (Å²) in [5, 5.41) is 0. The Morgan fingerprint density at radius 2 is 1.63 bits per heavy atom. The van der Waals surface area contributed by atoms with Crippen LogP contribution in [0.1, 0.15) is 29.7 Å². The second-order valence-electron chi connectivity index (χ2n) is 6.78. The Balaban J connectivity index is 1.57. The van der Waals surface area contributed by atoms with Crippen LogP contribution in [-0.4, -0.2) is 19.0 Å². The van der Waals surface area contributed by atoms with Gasteiger partial charge in [-0.25, -0.2) is 9.79 Å². The van der Waals surface area contributed by atoms with Gasteiger partial charge in [0.15, 0.2) is 17.2 Å². The lowest BCUT2D eigenvalue weighted by Crippen LogP contribution is -2.05. The van der Waals surface area contributed by atoms with Crippen molar-refractivity contribution in [2.24, 2.45) is 4.99 Å². The number of esters is 1. The van der Waals surface area contributed by atoms with Gasteiger partial charge in [0.1, 0.15) is 6.10 Å². The van der Waals surface area contributed by atoms with Crippen molar-refractivity contribution >= 4 is 17.9 Å². The molecule has 1 atom stereocenters. The fourth-order valence-electron chi connectivity index (χ4n) is 3.13. The highest BCUT2D eigenvalue weighted by molar-refractivity contribution is 6.12. The maximum absolute atomic E-state index is 12.2. The van der Waals surface area contributed by atoms with Gasteiger partial charge >= 0.3 is 5.97 Å². The zero-order valence-corrected chi connectivity index (χ0v) is 16.7. The quantitative estimate of drug-likeness (QED) is 0.423. The minimum absolute atomic E-state index is 0.132. The molecule has 0 aliphatic carbocycles. The molecule has 1 aliphatic rings. The molecule has 1 aliphatic heterocycles. The third kappa shape index (κ3) is 4.25. The Hall–Kier alpha value is -3.86. The van der Waals surface area contributed by atoms with Crippen molar-refractivity contribution in [3.63, 3.8) is 0 Å². The molecule has 1 unspecified atom stereocenters. The van der Waals surface area contributed by atoms with Crippen LogP contribution in [0.15, 0.2) is 89.6 Å². The molecular weight excluding hydrogens is 378 g/mol. The molecule has 0 saturated carbocycles. The number of carbonyl (C=O) groups is 1. The van der Waals surface area contributed by atoms with Gasteiger partial charge in [0.2, 0.25) is 5.90 Å². The van der Waals surface area contributed by atoms with Crippen LogP contribution >= 0.6 is 0 Å². The minimum Gasteiger partial charge on any atom is -0.493 e. The van der Waals surface area contributed by atoms with Gasteiger partial charge < -0.3 is 14.2 Å². The van der Waals surface area contributed by atoms with Crippen molar-refractivity contribution in [2.75, 3.05) is 7.11 Å². The summed E-state index contributed by atoms with van der Waals surface area (Å²) in [5.41, 5.74) is 2.83. The van der Waals surface area contributed by atoms with Crippen LogP contribution in [-0.2, 0) is 9.53 Å². The molecule has 5 heteroatoms. The number of rotatable bonds is 6. The third-order valence-electron chi connectivity index (χ3n) is 4.71. The van der Waals surface area contributed by atoms with Crippen molar-refractivity contribution in [2.45, 2.75) is 13.0 Å². The maximum Gasteiger partial charge on any atom is 0.363 e. The van der Waals surface area contributed by atoms with Crippen LogP contribution in [0.4, 0.5) is 0 Å². The van der Waals surface area contributed by atoms with E-state index in [1.807, 2.05) is 85.8 Å². The van der Waals surface area contributed by atoms with Crippen LogP contribution in [0.25, 0.3) is 6.08 Å². The molecule has 3 aromatic carbocycles. The van der Waals surface area contributed by atoms with Crippen LogP contribution in [0.3, 0.4) is 0 Å². The highest BCUT2D eigenvalue weighted by Gasteiger charge is 2.24. The molecule has 0 radical (unpaired) electrons. The van der Waals surface area contributed by atoms with Crippen LogP contribution in [0.5, 0.6) is 11.5 Å². The summed E-state index contributed by atoms with van der Waals surface area (Å²) in [6.07, 6.45) is 1.54. The van der Waals surface area contributed by atoms with Gasteiger partial charge in [-0.1, -0.05) is 54.6 Å². The van der Waals surface area contributed by atoms with Crippen molar-refractivity contribution in [1.82, 2.24) is 0 Å². The first-order chi connectivity index (χ1) is 14.6. The van der Waals surface area contributed by atoms with Crippen LogP contribution in [0, 0.1) is 0 Å². The van der Waals surface area contributed by atoms with Crippen molar-refractivity contribution in [3.05, 3.63) is 101 Å². The molecule has 0 bridgehead atoms. The van der Waals surface area contributed by atoms with E-state index in [2.05, 4.69) is 4.99 Å². The average Bonchev–Trinajstić information content (AvgIpc) is 3.16. The first-order valence-electron chi connectivity index (χ1n) is 9.61. The Morgan fingerprint density at radius 1 is 0.933 bits per heavy atom. The van der Waals surface area contributed by atoms with E-state index in [1.54, 1.807) is 13.2 Å². The molecule has 0 amide bonds. The van der Waals surface area contributed by atoms with Crippen LogP contribution in [0.2, 0.25) is 0 Å². The fourth-order valence-corrected chi connectivity index (χ4v) is 3.13. The van der Waals surface area contributed by atoms with E-state index in [4.69, 9.17) is 14.2 Å². The first-order valence-corrected chi connectivity index (χ1v) is 9.61. The first kappa shape index (κ1) is 19.5. The van der Waals surface area contributed by atoms with Crippen molar-refractivity contribution < 1.29 is 19.0 Å². The van der Waals surface area contributed by atoms with E-state index >= 15 is 0 Å². The maximum atomic E-state index is 12.2. The van der Waals surface area contributed by atoms with Gasteiger partial charge in [-0.15, -0.1) is 0 Å². The number of carbonyl (C=O) groups excluding carboxylic acids is 1. The lowest BCUT2D eigenvalue weighted by atomic mass is 10.1. The summed E-state index contributed by atoms with van der Waals surface area (Å²) in [5.74, 6) is 1.02. The SMILES string of the molecule is COc1cc(/C=C2\N=C(c3ccccc3)OC2=O)ccc1OC(C)c1ccccc1. The molecule has 5 nitrogen and oxygen atoms in total. The summed E-state index contributed by atoms with van der Waals surface area (Å²) in [6.45, 7) is 1.99. The predicted molar refractivity (Wildman–Crippen MR) is 116 cm³/mol. The normalized spacial score (nSPS) is 15.5. The molecule has 0 aromatic heterocycles. The van der Waals surface area contributed by atoms with Crippen molar-refractivity contribution in [1.29, 1.82) is 0 Å². The third-order valence-corrected chi connectivity index (χ3v) is 4.71. The number of hydrogen-bond donors (Lipinski definition) is 0. The Kier molecular flexibility index (Phi) is 5.61. The number of hydrogen-bond acceptors (Lipinski definition) is 5.